The largest absolute Gasteiger partial charge is 0.392 e. The van der Waals surface area contributed by atoms with Gasteiger partial charge >= 0.3 is 0 Å². The van der Waals surface area contributed by atoms with E-state index in [1.807, 2.05) is 12.1 Å². The van der Waals surface area contributed by atoms with E-state index in [0.29, 0.717) is 0 Å². The van der Waals surface area contributed by atoms with E-state index in [1.165, 1.54) is 22.4 Å². The van der Waals surface area contributed by atoms with Gasteiger partial charge in [-0.05, 0) is 56.3 Å². The van der Waals surface area contributed by atoms with Crippen LogP contribution in [0.3, 0.4) is 0 Å². The fraction of sp³-hybridized carbons (Fsp3) is 0.368. The summed E-state index contributed by atoms with van der Waals surface area (Å²) < 4.78 is 0. The molecule has 0 saturated carbocycles. The second-order valence-electron chi connectivity index (χ2n) is 6.16. The minimum atomic E-state index is 0.0813. The molecule has 0 aliphatic carbocycles. The van der Waals surface area contributed by atoms with Crippen molar-refractivity contribution in [1.29, 1.82) is 0 Å². The Morgan fingerprint density at radius 3 is 2.55 bits per heavy atom. The average Bonchev–Trinajstić information content (AvgIpc) is 2.50. The van der Waals surface area contributed by atoms with Crippen LogP contribution in [0.1, 0.15) is 35.2 Å². The van der Waals surface area contributed by atoms with Crippen molar-refractivity contribution in [2.75, 3.05) is 19.4 Å². The summed E-state index contributed by atoms with van der Waals surface area (Å²) in [6, 6.07) is 14.8. The van der Waals surface area contributed by atoms with Crippen LogP contribution >= 0.6 is 0 Å². The maximum atomic E-state index is 9.27. The number of hydrogen-bond acceptors (Lipinski definition) is 3. The lowest BCUT2D eigenvalue weighted by Crippen LogP contribution is -2.12. The molecule has 118 valence electrons. The molecule has 3 heteroatoms. The van der Waals surface area contributed by atoms with Crippen LogP contribution in [0.2, 0.25) is 0 Å². The molecule has 3 nitrogen and oxygen atoms in total. The van der Waals surface area contributed by atoms with Crippen molar-refractivity contribution in [2.24, 2.45) is 0 Å². The number of aryl methyl sites for hydroxylation is 1. The molecule has 2 aromatic rings. The Hall–Kier alpha value is -1.84. The lowest BCUT2D eigenvalue weighted by Gasteiger charge is -2.19. The van der Waals surface area contributed by atoms with Crippen LogP contribution in [-0.2, 0) is 13.2 Å². The molecule has 2 aromatic carbocycles. The van der Waals surface area contributed by atoms with Crippen molar-refractivity contribution in [3.05, 3.63) is 64.7 Å². The number of nitrogens with zero attached hydrogens (tertiary/aromatic N) is 1. The minimum Gasteiger partial charge on any atom is -0.392 e. The molecular formula is C19H26N2O. The lowest BCUT2D eigenvalue weighted by molar-refractivity contribution is 0.281. The zero-order valence-corrected chi connectivity index (χ0v) is 13.9. The second kappa shape index (κ2) is 7.43. The van der Waals surface area contributed by atoms with E-state index in [2.05, 4.69) is 68.5 Å². The molecule has 2 N–H and O–H groups in total. The number of anilines is 1. The van der Waals surface area contributed by atoms with Gasteiger partial charge in [0.2, 0.25) is 0 Å². The number of benzene rings is 2. The minimum absolute atomic E-state index is 0.0813. The van der Waals surface area contributed by atoms with Crippen LogP contribution in [0.5, 0.6) is 0 Å². The second-order valence-corrected chi connectivity index (χ2v) is 6.16. The first-order valence-electron chi connectivity index (χ1n) is 7.70. The van der Waals surface area contributed by atoms with Gasteiger partial charge in [0, 0.05) is 18.3 Å². The van der Waals surface area contributed by atoms with Crippen LogP contribution in [0.25, 0.3) is 0 Å². The predicted molar refractivity (Wildman–Crippen MR) is 93.0 cm³/mol. The monoisotopic (exact) mass is 298 g/mol. The molecule has 0 amide bonds. The van der Waals surface area contributed by atoms with Gasteiger partial charge in [-0.2, -0.15) is 0 Å². The highest BCUT2D eigenvalue weighted by molar-refractivity contribution is 5.54. The Labute approximate surface area is 133 Å². The first kappa shape index (κ1) is 16.5. The van der Waals surface area contributed by atoms with Crippen molar-refractivity contribution in [2.45, 2.75) is 33.0 Å². The van der Waals surface area contributed by atoms with Gasteiger partial charge in [0.25, 0.3) is 0 Å². The molecule has 0 spiro atoms. The van der Waals surface area contributed by atoms with Crippen LogP contribution in [0.15, 0.2) is 42.5 Å². The normalized spacial score (nSPS) is 12.5. The van der Waals surface area contributed by atoms with Gasteiger partial charge < -0.3 is 15.3 Å². The topological polar surface area (TPSA) is 35.5 Å². The van der Waals surface area contributed by atoms with Crippen LogP contribution in [-0.4, -0.2) is 24.1 Å². The third-order valence-electron chi connectivity index (χ3n) is 3.81. The Morgan fingerprint density at radius 2 is 1.86 bits per heavy atom. The molecule has 0 aromatic heterocycles. The zero-order chi connectivity index (χ0) is 16.1. The smallest absolute Gasteiger partial charge is 0.0681 e. The predicted octanol–water partition coefficient (Wildman–Crippen LogP) is 3.72. The molecule has 0 bridgehead atoms. The maximum absolute atomic E-state index is 9.27. The van der Waals surface area contributed by atoms with Crippen LogP contribution in [0.4, 0.5) is 5.69 Å². The summed E-state index contributed by atoms with van der Waals surface area (Å²) in [7, 11) is 4.16. The van der Waals surface area contributed by atoms with E-state index >= 15 is 0 Å². The molecular weight excluding hydrogens is 272 g/mol. The molecule has 0 saturated heterocycles. The van der Waals surface area contributed by atoms with E-state index in [0.717, 1.165) is 12.1 Å². The lowest BCUT2D eigenvalue weighted by atomic mass is 10.0. The van der Waals surface area contributed by atoms with Crippen molar-refractivity contribution >= 4 is 5.69 Å². The summed E-state index contributed by atoms with van der Waals surface area (Å²) >= 11 is 0. The summed E-state index contributed by atoms with van der Waals surface area (Å²) in [5.74, 6) is 0. The van der Waals surface area contributed by atoms with Crippen molar-refractivity contribution in [3.63, 3.8) is 0 Å². The molecule has 0 radical (unpaired) electrons. The van der Waals surface area contributed by atoms with Crippen molar-refractivity contribution < 1.29 is 5.11 Å². The maximum Gasteiger partial charge on any atom is 0.0681 e. The van der Waals surface area contributed by atoms with E-state index in [4.69, 9.17) is 0 Å². The van der Waals surface area contributed by atoms with E-state index in [9.17, 15) is 5.11 Å². The number of nitrogens with one attached hydrogen (secondary N) is 1. The Bertz CT molecular complexity index is 623. The van der Waals surface area contributed by atoms with Crippen LogP contribution in [0, 0.1) is 6.92 Å². The Kier molecular flexibility index (Phi) is 5.58. The molecule has 0 fully saturated rings. The summed E-state index contributed by atoms with van der Waals surface area (Å²) in [5.41, 5.74) is 5.84. The molecule has 2 rings (SSSR count). The standard InChI is InChI=1S/C19H26N2O/c1-14-8-9-16(12-21(3)4)11-19(14)20-15(2)18-7-5-6-17(10-18)13-22/h5-11,15,20,22H,12-13H2,1-4H3. The summed E-state index contributed by atoms with van der Waals surface area (Å²) in [4.78, 5) is 2.17. The number of aliphatic hydroxyl groups excluding tert-OH is 1. The molecule has 22 heavy (non-hydrogen) atoms. The Balaban J connectivity index is 2.18. The van der Waals surface area contributed by atoms with Crippen molar-refractivity contribution in [1.82, 2.24) is 4.90 Å². The number of aliphatic hydroxyl groups is 1. The molecule has 1 atom stereocenters. The first-order chi connectivity index (χ1) is 10.5. The Morgan fingerprint density at radius 1 is 1.09 bits per heavy atom. The highest BCUT2D eigenvalue weighted by atomic mass is 16.3. The fourth-order valence-corrected chi connectivity index (χ4v) is 2.57. The number of hydrogen-bond donors (Lipinski definition) is 2. The molecule has 1 unspecified atom stereocenters. The van der Waals surface area contributed by atoms with Gasteiger partial charge in [0.15, 0.2) is 0 Å². The fourth-order valence-electron chi connectivity index (χ4n) is 2.57. The van der Waals surface area contributed by atoms with E-state index < -0.39 is 0 Å². The quantitative estimate of drug-likeness (QED) is 0.853. The van der Waals surface area contributed by atoms with Gasteiger partial charge in [-0.25, -0.2) is 0 Å². The molecule has 0 heterocycles. The van der Waals surface area contributed by atoms with Crippen molar-refractivity contribution in [3.8, 4) is 0 Å². The first-order valence-corrected chi connectivity index (χ1v) is 7.70. The third-order valence-corrected chi connectivity index (χ3v) is 3.81. The summed E-state index contributed by atoms with van der Waals surface area (Å²) in [6.45, 7) is 5.29. The zero-order valence-electron chi connectivity index (χ0n) is 13.9. The third kappa shape index (κ3) is 4.33. The molecule has 0 aliphatic rings. The summed E-state index contributed by atoms with van der Waals surface area (Å²) in [5, 5.41) is 12.9. The van der Waals surface area contributed by atoms with Gasteiger partial charge in [-0.1, -0.05) is 36.4 Å². The van der Waals surface area contributed by atoms with E-state index in [1.54, 1.807) is 0 Å². The average molecular weight is 298 g/mol. The van der Waals surface area contributed by atoms with Gasteiger partial charge in [-0.3, -0.25) is 0 Å². The highest BCUT2D eigenvalue weighted by Crippen LogP contribution is 2.24. The SMILES string of the molecule is Cc1ccc(CN(C)C)cc1NC(C)c1cccc(CO)c1. The highest BCUT2D eigenvalue weighted by Gasteiger charge is 2.08. The number of rotatable bonds is 6. The van der Waals surface area contributed by atoms with Crippen LogP contribution < -0.4 is 5.32 Å². The van der Waals surface area contributed by atoms with Gasteiger partial charge in [-0.15, -0.1) is 0 Å². The van der Waals surface area contributed by atoms with E-state index in [-0.39, 0.29) is 12.6 Å². The summed E-state index contributed by atoms with van der Waals surface area (Å²) in [6.07, 6.45) is 0. The van der Waals surface area contributed by atoms with Gasteiger partial charge in [0.1, 0.15) is 0 Å². The molecule has 0 aliphatic heterocycles. The van der Waals surface area contributed by atoms with Gasteiger partial charge in [0.05, 0.1) is 6.61 Å².